The Bertz CT molecular complexity index is 2570. The van der Waals surface area contributed by atoms with Crippen LogP contribution < -0.4 is 0 Å². The van der Waals surface area contributed by atoms with Crippen molar-refractivity contribution >= 4 is 21.9 Å². The summed E-state index contributed by atoms with van der Waals surface area (Å²) in [6.45, 7) is 0. The summed E-state index contributed by atoms with van der Waals surface area (Å²) < 4.78 is 6.29. The van der Waals surface area contributed by atoms with Crippen molar-refractivity contribution in [2.45, 2.75) is 0 Å². The van der Waals surface area contributed by atoms with Gasteiger partial charge in [0.2, 0.25) is 0 Å². The second-order valence-electron chi connectivity index (χ2n) is 12.2. The lowest BCUT2D eigenvalue weighted by atomic mass is 9.92. The Morgan fingerprint density at radius 1 is 0.327 bits per heavy atom. The van der Waals surface area contributed by atoms with Gasteiger partial charge in [-0.2, -0.15) is 0 Å². The number of hydrogen-bond donors (Lipinski definition) is 0. The van der Waals surface area contributed by atoms with Crippen molar-refractivity contribution in [1.82, 2.24) is 9.97 Å². The molecular formula is C46H30N2O. The van der Waals surface area contributed by atoms with E-state index < -0.39 is 0 Å². The first kappa shape index (κ1) is 28.6. The number of fused-ring (bicyclic) bond motifs is 3. The first-order chi connectivity index (χ1) is 24.3. The average molecular weight is 627 g/mol. The standard InChI is InChI=1S/C46H30N2O/c1-4-13-31(14-5-1)33-23-25-34(26-24-33)41-30-42(48-46(47-41)35-17-8-3-9-18-35)38-28-36(32-15-6-2-7-16-32)27-37(29-38)39-20-12-22-44-45(39)40-19-10-11-21-43(40)49-44/h1-30H. The van der Waals surface area contributed by atoms with Crippen LogP contribution in [0.3, 0.4) is 0 Å². The van der Waals surface area contributed by atoms with E-state index in [2.05, 4.69) is 140 Å². The van der Waals surface area contributed by atoms with Crippen LogP contribution in [-0.2, 0) is 0 Å². The van der Waals surface area contributed by atoms with Crippen molar-refractivity contribution in [3.63, 3.8) is 0 Å². The first-order valence-electron chi connectivity index (χ1n) is 16.5. The summed E-state index contributed by atoms with van der Waals surface area (Å²) in [5, 5.41) is 2.22. The molecule has 2 heterocycles. The van der Waals surface area contributed by atoms with Crippen LogP contribution in [-0.4, -0.2) is 9.97 Å². The van der Waals surface area contributed by atoms with Crippen LogP contribution in [0.4, 0.5) is 0 Å². The number of aromatic nitrogens is 2. The smallest absolute Gasteiger partial charge is 0.160 e. The highest BCUT2D eigenvalue weighted by atomic mass is 16.3. The summed E-state index contributed by atoms with van der Waals surface area (Å²) in [7, 11) is 0. The summed E-state index contributed by atoms with van der Waals surface area (Å²) in [5.41, 5.74) is 13.4. The summed E-state index contributed by atoms with van der Waals surface area (Å²) in [6.07, 6.45) is 0. The van der Waals surface area contributed by atoms with Crippen molar-refractivity contribution in [2.24, 2.45) is 0 Å². The second kappa shape index (κ2) is 12.2. The number of benzene rings is 7. The van der Waals surface area contributed by atoms with E-state index in [0.717, 1.165) is 72.3 Å². The van der Waals surface area contributed by atoms with Crippen molar-refractivity contribution in [3.8, 4) is 67.3 Å². The third kappa shape index (κ3) is 5.48. The molecule has 3 nitrogen and oxygen atoms in total. The maximum absolute atomic E-state index is 6.29. The third-order valence-corrected chi connectivity index (χ3v) is 9.10. The highest BCUT2D eigenvalue weighted by molar-refractivity contribution is 6.12. The summed E-state index contributed by atoms with van der Waals surface area (Å²) >= 11 is 0. The van der Waals surface area contributed by atoms with Gasteiger partial charge < -0.3 is 4.42 Å². The zero-order valence-corrected chi connectivity index (χ0v) is 26.6. The molecule has 0 bridgehead atoms. The van der Waals surface area contributed by atoms with Gasteiger partial charge in [-0.05, 0) is 69.8 Å². The van der Waals surface area contributed by atoms with Gasteiger partial charge in [0, 0.05) is 27.5 Å². The predicted molar refractivity (Wildman–Crippen MR) is 202 cm³/mol. The molecule has 0 spiro atoms. The summed E-state index contributed by atoms with van der Waals surface area (Å²) in [6, 6.07) is 63.3. The Hall–Kier alpha value is -6.58. The quantitative estimate of drug-likeness (QED) is 0.184. The molecule has 0 amide bonds. The Labute approximate surface area is 284 Å². The molecule has 230 valence electrons. The maximum Gasteiger partial charge on any atom is 0.160 e. The number of furan rings is 1. The van der Waals surface area contributed by atoms with Gasteiger partial charge >= 0.3 is 0 Å². The highest BCUT2D eigenvalue weighted by Gasteiger charge is 2.17. The summed E-state index contributed by atoms with van der Waals surface area (Å²) in [5.74, 6) is 0.690. The third-order valence-electron chi connectivity index (χ3n) is 9.10. The van der Waals surface area contributed by atoms with Crippen LogP contribution in [0.25, 0.3) is 89.2 Å². The molecule has 0 atom stereocenters. The normalized spacial score (nSPS) is 11.3. The molecule has 0 aliphatic carbocycles. The lowest BCUT2D eigenvalue weighted by molar-refractivity contribution is 0.669. The number of hydrogen-bond acceptors (Lipinski definition) is 3. The van der Waals surface area contributed by atoms with E-state index in [1.165, 1.54) is 11.1 Å². The van der Waals surface area contributed by atoms with Crippen LogP contribution in [0, 0.1) is 0 Å². The molecule has 0 aliphatic heterocycles. The van der Waals surface area contributed by atoms with E-state index >= 15 is 0 Å². The van der Waals surface area contributed by atoms with Crippen LogP contribution in [0.2, 0.25) is 0 Å². The van der Waals surface area contributed by atoms with Crippen LogP contribution in [0.1, 0.15) is 0 Å². The molecular weight excluding hydrogens is 597 g/mol. The monoisotopic (exact) mass is 626 g/mol. The fourth-order valence-corrected chi connectivity index (χ4v) is 6.67. The van der Waals surface area contributed by atoms with Crippen LogP contribution in [0.15, 0.2) is 186 Å². The molecule has 2 aromatic heterocycles. The van der Waals surface area contributed by atoms with Gasteiger partial charge in [-0.15, -0.1) is 0 Å². The fraction of sp³-hybridized carbons (Fsp3) is 0. The highest BCUT2D eigenvalue weighted by Crippen LogP contribution is 2.40. The van der Waals surface area contributed by atoms with Gasteiger partial charge in [0.15, 0.2) is 5.82 Å². The zero-order chi connectivity index (χ0) is 32.6. The Morgan fingerprint density at radius 2 is 0.837 bits per heavy atom. The minimum absolute atomic E-state index is 0.690. The van der Waals surface area contributed by atoms with Gasteiger partial charge in [0.25, 0.3) is 0 Å². The first-order valence-corrected chi connectivity index (χ1v) is 16.5. The van der Waals surface area contributed by atoms with Gasteiger partial charge in [-0.1, -0.05) is 146 Å². The van der Waals surface area contributed by atoms with E-state index in [1.807, 2.05) is 42.5 Å². The molecule has 9 aromatic rings. The van der Waals surface area contributed by atoms with Crippen molar-refractivity contribution in [3.05, 3.63) is 182 Å². The predicted octanol–water partition coefficient (Wildman–Crippen LogP) is 12.4. The van der Waals surface area contributed by atoms with E-state index in [9.17, 15) is 0 Å². The molecule has 0 unspecified atom stereocenters. The summed E-state index contributed by atoms with van der Waals surface area (Å²) in [4.78, 5) is 10.3. The van der Waals surface area contributed by atoms with Crippen LogP contribution in [0.5, 0.6) is 0 Å². The minimum atomic E-state index is 0.690. The zero-order valence-electron chi connectivity index (χ0n) is 26.6. The van der Waals surface area contributed by atoms with E-state index in [-0.39, 0.29) is 0 Å². The van der Waals surface area contributed by atoms with E-state index in [0.29, 0.717) is 5.82 Å². The molecule has 0 saturated heterocycles. The van der Waals surface area contributed by atoms with Gasteiger partial charge in [0.1, 0.15) is 11.2 Å². The van der Waals surface area contributed by atoms with Gasteiger partial charge in [0.05, 0.1) is 11.4 Å². The topological polar surface area (TPSA) is 38.9 Å². The van der Waals surface area contributed by atoms with E-state index in [1.54, 1.807) is 0 Å². The Kier molecular flexibility index (Phi) is 7.14. The van der Waals surface area contributed by atoms with Gasteiger partial charge in [-0.25, -0.2) is 9.97 Å². The Morgan fingerprint density at radius 3 is 1.55 bits per heavy atom. The van der Waals surface area contributed by atoms with Crippen molar-refractivity contribution in [1.29, 1.82) is 0 Å². The molecule has 0 aliphatic rings. The van der Waals surface area contributed by atoms with Crippen LogP contribution >= 0.6 is 0 Å². The molecule has 0 fully saturated rings. The number of rotatable bonds is 6. The molecule has 3 heteroatoms. The average Bonchev–Trinajstić information content (AvgIpc) is 3.58. The minimum Gasteiger partial charge on any atom is -0.456 e. The Balaban J connectivity index is 1.25. The fourth-order valence-electron chi connectivity index (χ4n) is 6.67. The second-order valence-corrected chi connectivity index (χ2v) is 12.2. The number of nitrogens with zero attached hydrogens (tertiary/aromatic N) is 2. The van der Waals surface area contributed by atoms with E-state index in [4.69, 9.17) is 14.4 Å². The molecule has 0 radical (unpaired) electrons. The molecule has 49 heavy (non-hydrogen) atoms. The number of para-hydroxylation sites is 1. The molecule has 0 saturated carbocycles. The van der Waals surface area contributed by atoms with Crippen molar-refractivity contribution in [2.75, 3.05) is 0 Å². The maximum atomic E-state index is 6.29. The lowest BCUT2D eigenvalue weighted by Gasteiger charge is -2.14. The molecule has 7 aromatic carbocycles. The molecule has 0 N–H and O–H groups in total. The lowest BCUT2D eigenvalue weighted by Crippen LogP contribution is -1.96. The van der Waals surface area contributed by atoms with Crippen molar-refractivity contribution < 1.29 is 4.42 Å². The SMILES string of the molecule is c1ccc(-c2ccc(-c3cc(-c4cc(-c5ccccc5)cc(-c5cccc6oc7ccccc7c56)c4)nc(-c4ccccc4)n3)cc2)cc1. The molecule has 9 rings (SSSR count). The van der Waals surface area contributed by atoms with Gasteiger partial charge in [-0.3, -0.25) is 0 Å². The largest absolute Gasteiger partial charge is 0.456 e.